The fourth-order valence-corrected chi connectivity index (χ4v) is 5.54. The van der Waals surface area contributed by atoms with E-state index in [1.165, 1.54) is 16.7 Å². The number of hydrogen-bond donors (Lipinski definition) is 1. The molecule has 2 aromatic carbocycles. The molecule has 0 spiro atoms. The first-order valence-electron chi connectivity index (χ1n) is 11.6. The Morgan fingerprint density at radius 2 is 1.67 bits per heavy atom. The molecule has 0 bridgehead atoms. The molecule has 2 amide bonds. The molecule has 4 rings (SSSR count). The van der Waals surface area contributed by atoms with Gasteiger partial charge in [0.1, 0.15) is 5.75 Å². The average molecular weight is 464 g/mol. The summed E-state index contributed by atoms with van der Waals surface area (Å²) < 4.78 is 6.24. The Bertz CT molecular complexity index is 1170. The van der Waals surface area contributed by atoms with Crippen LogP contribution >= 0.6 is 11.8 Å². The number of hydrogen-bond acceptors (Lipinski definition) is 4. The lowest BCUT2D eigenvalue weighted by atomic mass is 9.62. The summed E-state index contributed by atoms with van der Waals surface area (Å²) in [4.78, 5) is 24.4. The zero-order valence-electron chi connectivity index (χ0n) is 20.6. The van der Waals surface area contributed by atoms with E-state index in [-0.39, 0.29) is 28.1 Å². The largest absolute Gasteiger partial charge is 0.490 e. The monoisotopic (exact) mass is 463 g/mol. The number of ether oxygens (including phenoxy) is 1. The van der Waals surface area contributed by atoms with E-state index in [1.807, 2.05) is 32.0 Å². The Balaban J connectivity index is 1.98. The van der Waals surface area contributed by atoms with E-state index < -0.39 is 0 Å². The molecule has 174 valence electrons. The fraction of sp³-hybridized carbons (Fsp3) is 0.429. The second-order valence-corrected chi connectivity index (χ2v) is 11.7. The Kier molecular flexibility index (Phi) is 5.98. The van der Waals surface area contributed by atoms with Crippen molar-refractivity contribution < 1.29 is 14.3 Å². The summed E-state index contributed by atoms with van der Waals surface area (Å²) >= 11 is 0.939. The molecule has 4 nitrogen and oxygen atoms in total. The number of benzene rings is 2. The number of amides is 2. The zero-order chi connectivity index (χ0) is 24.1. The first-order chi connectivity index (χ1) is 15.4. The van der Waals surface area contributed by atoms with Gasteiger partial charge in [0.05, 0.1) is 11.0 Å². The van der Waals surface area contributed by atoms with Crippen molar-refractivity contribution in [3.05, 3.63) is 57.5 Å². The van der Waals surface area contributed by atoms with Crippen LogP contribution in [0.3, 0.4) is 0 Å². The van der Waals surface area contributed by atoms with E-state index in [1.54, 1.807) is 6.08 Å². The van der Waals surface area contributed by atoms with Crippen LogP contribution in [0.25, 0.3) is 17.2 Å². The Morgan fingerprint density at radius 3 is 2.24 bits per heavy atom. The van der Waals surface area contributed by atoms with E-state index in [0.717, 1.165) is 47.0 Å². The lowest BCUT2D eigenvalue weighted by Crippen LogP contribution is -2.34. The molecule has 1 saturated heterocycles. The standard InChI is InChI=1S/C28H33NO3S/c1-16(2)32-22-10-8-9-18(14-23-25(30)29-26(31)33-23)24(22)19-15-21-20(13-17(19)3)27(4,5)11-12-28(21,6)7/h8-10,13-16H,11-12H2,1-7H3,(H,29,30,31)/b23-14-. The molecule has 1 N–H and O–H groups in total. The van der Waals surface area contributed by atoms with Crippen molar-refractivity contribution in [1.82, 2.24) is 5.32 Å². The minimum Gasteiger partial charge on any atom is -0.490 e. The van der Waals surface area contributed by atoms with Crippen molar-refractivity contribution in [1.29, 1.82) is 0 Å². The fourth-order valence-electron chi connectivity index (χ4n) is 4.86. The van der Waals surface area contributed by atoms with Gasteiger partial charge < -0.3 is 4.74 Å². The third-order valence-electron chi connectivity index (χ3n) is 6.82. The van der Waals surface area contributed by atoms with E-state index in [9.17, 15) is 9.59 Å². The number of imide groups is 1. The number of rotatable bonds is 4. The van der Waals surface area contributed by atoms with Gasteiger partial charge in [-0.15, -0.1) is 0 Å². The van der Waals surface area contributed by atoms with Gasteiger partial charge in [0, 0.05) is 5.56 Å². The van der Waals surface area contributed by atoms with Crippen molar-refractivity contribution in [3.63, 3.8) is 0 Å². The zero-order valence-corrected chi connectivity index (χ0v) is 21.4. The summed E-state index contributed by atoms with van der Waals surface area (Å²) in [6.45, 7) is 15.5. The molecule has 0 atom stereocenters. The highest BCUT2D eigenvalue weighted by Gasteiger charge is 2.38. The van der Waals surface area contributed by atoms with Crippen LogP contribution in [0.4, 0.5) is 4.79 Å². The molecule has 33 heavy (non-hydrogen) atoms. The van der Waals surface area contributed by atoms with Gasteiger partial charge in [0.2, 0.25) is 0 Å². The molecule has 0 saturated carbocycles. The molecule has 1 fully saturated rings. The summed E-state index contributed by atoms with van der Waals surface area (Å²) in [6.07, 6.45) is 4.11. The van der Waals surface area contributed by atoms with Crippen LogP contribution < -0.4 is 10.1 Å². The highest BCUT2D eigenvalue weighted by atomic mass is 32.2. The number of carbonyl (C=O) groups is 2. The Hall–Kier alpha value is -2.53. The second kappa shape index (κ2) is 8.35. The number of fused-ring (bicyclic) bond motifs is 1. The summed E-state index contributed by atoms with van der Waals surface area (Å²) in [7, 11) is 0. The summed E-state index contributed by atoms with van der Waals surface area (Å²) in [6, 6.07) is 10.6. The molecular weight excluding hydrogens is 430 g/mol. The normalized spacial score (nSPS) is 20.2. The Morgan fingerprint density at radius 1 is 1.03 bits per heavy atom. The van der Waals surface area contributed by atoms with Crippen LogP contribution in [0.1, 0.15) is 76.6 Å². The van der Waals surface area contributed by atoms with Gasteiger partial charge in [-0.05, 0) is 102 Å². The maximum atomic E-state index is 12.3. The van der Waals surface area contributed by atoms with E-state index in [2.05, 4.69) is 52.1 Å². The molecule has 2 aromatic rings. The minimum atomic E-state index is -0.351. The molecule has 1 aliphatic carbocycles. The number of nitrogens with one attached hydrogen (secondary N) is 1. The smallest absolute Gasteiger partial charge is 0.290 e. The van der Waals surface area contributed by atoms with Crippen molar-refractivity contribution >= 4 is 29.0 Å². The van der Waals surface area contributed by atoms with Gasteiger partial charge in [-0.1, -0.05) is 45.9 Å². The SMILES string of the molecule is Cc1cc2c(cc1-c1c(/C=C3\SC(=O)NC3=O)cccc1OC(C)C)C(C)(C)CCC2(C)C. The van der Waals surface area contributed by atoms with Crippen molar-refractivity contribution in [3.8, 4) is 16.9 Å². The molecule has 0 radical (unpaired) electrons. The maximum absolute atomic E-state index is 12.3. The quantitative estimate of drug-likeness (QED) is 0.490. The van der Waals surface area contributed by atoms with Gasteiger partial charge in [-0.3, -0.25) is 14.9 Å². The van der Waals surface area contributed by atoms with Crippen molar-refractivity contribution in [2.45, 2.75) is 78.2 Å². The number of carbonyl (C=O) groups excluding carboxylic acids is 2. The van der Waals surface area contributed by atoms with Crippen LogP contribution in [-0.4, -0.2) is 17.3 Å². The molecule has 1 heterocycles. The van der Waals surface area contributed by atoms with Gasteiger partial charge >= 0.3 is 0 Å². The summed E-state index contributed by atoms with van der Waals surface area (Å²) in [5, 5.41) is 2.01. The van der Waals surface area contributed by atoms with Gasteiger partial charge in [-0.25, -0.2) is 0 Å². The highest BCUT2D eigenvalue weighted by Crippen LogP contribution is 2.49. The average Bonchev–Trinajstić information content (AvgIpc) is 3.02. The first-order valence-corrected chi connectivity index (χ1v) is 12.4. The Labute approximate surface area is 201 Å². The van der Waals surface area contributed by atoms with Crippen LogP contribution in [0, 0.1) is 6.92 Å². The third-order valence-corrected chi connectivity index (χ3v) is 7.63. The third kappa shape index (κ3) is 4.48. The lowest BCUT2D eigenvalue weighted by Gasteiger charge is -2.42. The van der Waals surface area contributed by atoms with Gasteiger partial charge in [0.25, 0.3) is 11.1 Å². The maximum Gasteiger partial charge on any atom is 0.290 e. The van der Waals surface area contributed by atoms with Crippen LogP contribution in [-0.2, 0) is 15.6 Å². The predicted molar refractivity (Wildman–Crippen MR) is 137 cm³/mol. The lowest BCUT2D eigenvalue weighted by molar-refractivity contribution is -0.115. The molecule has 0 aromatic heterocycles. The van der Waals surface area contributed by atoms with Crippen LogP contribution in [0.5, 0.6) is 5.75 Å². The molecule has 0 unspecified atom stereocenters. The van der Waals surface area contributed by atoms with E-state index in [0.29, 0.717) is 4.91 Å². The molecule has 2 aliphatic rings. The van der Waals surface area contributed by atoms with Gasteiger partial charge in [0.15, 0.2) is 0 Å². The van der Waals surface area contributed by atoms with Crippen molar-refractivity contribution in [2.24, 2.45) is 0 Å². The molecule has 5 heteroatoms. The summed E-state index contributed by atoms with van der Waals surface area (Å²) in [5.41, 5.74) is 7.12. The molecular formula is C28H33NO3S. The molecule has 1 aliphatic heterocycles. The van der Waals surface area contributed by atoms with E-state index >= 15 is 0 Å². The van der Waals surface area contributed by atoms with E-state index in [4.69, 9.17) is 4.74 Å². The van der Waals surface area contributed by atoms with Crippen LogP contribution in [0.15, 0.2) is 35.2 Å². The minimum absolute atomic E-state index is 0.00527. The number of thioether (sulfide) groups is 1. The topological polar surface area (TPSA) is 55.4 Å². The van der Waals surface area contributed by atoms with Crippen molar-refractivity contribution in [2.75, 3.05) is 0 Å². The first kappa shape index (κ1) is 23.6. The van der Waals surface area contributed by atoms with Gasteiger partial charge in [-0.2, -0.15) is 0 Å². The second-order valence-electron chi connectivity index (χ2n) is 10.7. The van der Waals surface area contributed by atoms with Crippen LogP contribution in [0.2, 0.25) is 0 Å². The highest BCUT2D eigenvalue weighted by molar-refractivity contribution is 8.18. The number of aryl methyl sites for hydroxylation is 1. The predicted octanol–water partition coefficient (Wildman–Crippen LogP) is 7.12. The summed E-state index contributed by atoms with van der Waals surface area (Å²) in [5.74, 6) is 0.432.